The Labute approximate surface area is 83.7 Å². The Bertz CT molecular complexity index is 333. The van der Waals surface area contributed by atoms with Crippen molar-refractivity contribution in [3.8, 4) is 5.75 Å². The second kappa shape index (κ2) is 4.50. The number of pyridine rings is 1. The van der Waals surface area contributed by atoms with Gasteiger partial charge in [-0.2, -0.15) is 0 Å². The van der Waals surface area contributed by atoms with Gasteiger partial charge in [0.25, 0.3) is 6.43 Å². The molecule has 0 spiro atoms. The molecule has 6 heteroatoms. The van der Waals surface area contributed by atoms with E-state index in [1.165, 1.54) is 7.11 Å². The highest BCUT2D eigenvalue weighted by Gasteiger charge is 2.20. The van der Waals surface area contributed by atoms with Gasteiger partial charge in [-0.1, -0.05) is 0 Å². The molecule has 78 valence electrons. The third-order valence-electron chi connectivity index (χ3n) is 1.67. The quantitative estimate of drug-likeness (QED) is 0.738. The molecule has 0 radical (unpaired) electrons. The molecule has 1 heterocycles. The van der Waals surface area contributed by atoms with Crippen LogP contribution in [0, 0.1) is 5.82 Å². The van der Waals surface area contributed by atoms with Crippen molar-refractivity contribution in [2.45, 2.75) is 12.3 Å². The molecular formula is C8H7ClF3NO. The van der Waals surface area contributed by atoms with E-state index in [1.54, 1.807) is 0 Å². The number of methoxy groups -OCH3 is 1. The Kier molecular flexibility index (Phi) is 3.57. The highest BCUT2D eigenvalue weighted by atomic mass is 35.5. The molecule has 0 bridgehead atoms. The molecule has 0 saturated heterocycles. The summed E-state index contributed by atoms with van der Waals surface area (Å²) < 4.78 is 42.4. The van der Waals surface area contributed by atoms with E-state index >= 15 is 0 Å². The van der Waals surface area contributed by atoms with Gasteiger partial charge in [0, 0.05) is 5.56 Å². The van der Waals surface area contributed by atoms with Gasteiger partial charge >= 0.3 is 0 Å². The number of rotatable bonds is 3. The van der Waals surface area contributed by atoms with Crippen molar-refractivity contribution in [1.29, 1.82) is 0 Å². The van der Waals surface area contributed by atoms with Crippen LogP contribution in [-0.2, 0) is 5.88 Å². The maximum absolute atomic E-state index is 13.3. The summed E-state index contributed by atoms with van der Waals surface area (Å²) in [7, 11) is 1.29. The number of alkyl halides is 3. The zero-order valence-electron chi connectivity index (χ0n) is 7.23. The van der Waals surface area contributed by atoms with Crippen molar-refractivity contribution >= 4 is 11.6 Å². The smallest absolute Gasteiger partial charge is 0.283 e. The monoisotopic (exact) mass is 225 g/mol. The summed E-state index contributed by atoms with van der Waals surface area (Å²) >= 11 is 5.40. The van der Waals surface area contributed by atoms with Crippen molar-refractivity contribution in [2.24, 2.45) is 0 Å². The first kappa shape index (κ1) is 11.1. The first-order valence-electron chi connectivity index (χ1n) is 3.67. The predicted molar refractivity (Wildman–Crippen MR) is 45.3 cm³/mol. The van der Waals surface area contributed by atoms with Crippen molar-refractivity contribution in [1.82, 2.24) is 4.98 Å². The molecule has 0 fully saturated rings. The number of nitrogens with zero attached hydrogens (tertiary/aromatic N) is 1. The minimum atomic E-state index is -2.96. The van der Waals surface area contributed by atoms with Crippen molar-refractivity contribution < 1.29 is 17.9 Å². The van der Waals surface area contributed by atoms with Gasteiger partial charge in [0.1, 0.15) is 11.4 Å². The first-order chi connectivity index (χ1) is 6.61. The van der Waals surface area contributed by atoms with Gasteiger partial charge in [-0.25, -0.2) is 18.2 Å². The molecule has 0 amide bonds. The number of aromatic nitrogens is 1. The predicted octanol–water partition coefficient (Wildman–Crippen LogP) is 2.91. The number of halogens is 4. The van der Waals surface area contributed by atoms with E-state index in [1.807, 2.05) is 0 Å². The van der Waals surface area contributed by atoms with Gasteiger partial charge in [0.15, 0.2) is 5.82 Å². The summed E-state index contributed by atoms with van der Waals surface area (Å²) in [5.74, 6) is -1.27. The van der Waals surface area contributed by atoms with Gasteiger partial charge in [-0.3, -0.25) is 0 Å². The molecule has 1 aromatic heterocycles. The Balaban J connectivity index is 3.27. The third kappa shape index (κ3) is 1.92. The Morgan fingerprint density at radius 2 is 2.21 bits per heavy atom. The fraction of sp³-hybridized carbons (Fsp3) is 0.375. The average Bonchev–Trinajstić information content (AvgIpc) is 2.16. The second-order valence-electron chi connectivity index (χ2n) is 2.44. The molecule has 0 aromatic carbocycles. The van der Waals surface area contributed by atoms with Crippen LogP contribution >= 0.6 is 11.6 Å². The van der Waals surface area contributed by atoms with Crippen LogP contribution in [0.2, 0.25) is 0 Å². The van der Waals surface area contributed by atoms with Crippen LogP contribution in [-0.4, -0.2) is 12.1 Å². The van der Waals surface area contributed by atoms with Crippen molar-refractivity contribution in [2.75, 3.05) is 7.11 Å². The van der Waals surface area contributed by atoms with Crippen molar-refractivity contribution in [3.05, 3.63) is 23.3 Å². The minimum Gasteiger partial charge on any atom is -0.495 e. The molecule has 0 saturated carbocycles. The van der Waals surface area contributed by atoms with E-state index in [0.717, 1.165) is 6.20 Å². The molecule has 14 heavy (non-hydrogen) atoms. The molecular weight excluding hydrogens is 219 g/mol. The van der Waals surface area contributed by atoms with Crippen LogP contribution in [0.15, 0.2) is 6.20 Å². The maximum atomic E-state index is 13.3. The summed E-state index contributed by atoms with van der Waals surface area (Å²) in [6, 6.07) is 0. The Hall–Kier alpha value is -0.970. The largest absolute Gasteiger partial charge is 0.495 e. The number of ether oxygens (including phenoxy) is 1. The molecule has 0 aliphatic rings. The topological polar surface area (TPSA) is 22.1 Å². The van der Waals surface area contributed by atoms with Crippen LogP contribution in [0.3, 0.4) is 0 Å². The van der Waals surface area contributed by atoms with E-state index in [4.69, 9.17) is 16.3 Å². The van der Waals surface area contributed by atoms with Gasteiger partial charge in [0.2, 0.25) is 0 Å². The van der Waals surface area contributed by atoms with Gasteiger partial charge in [0.05, 0.1) is 19.2 Å². The SMILES string of the molecule is COc1cnc(C(F)F)c(F)c1CCl. The normalized spacial score (nSPS) is 10.7. The molecule has 0 atom stereocenters. The summed E-state index contributed by atoms with van der Waals surface area (Å²) in [6.45, 7) is 0. The van der Waals surface area contributed by atoms with Crippen LogP contribution in [0.25, 0.3) is 0 Å². The molecule has 0 unspecified atom stereocenters. The van der Waals surface area contributed by atoms with Crippen LogP contribution in [0.1, 0.15) is 17.7 Å². The summed E-state index contributed by atoms with van der Waals surface area (Å²) in [5.41, 5.74) is -0.999. The lowest BCUT2D eigenvalue weighted by Crippen LogP contribution is -2.02. The average molecular weight is 226 g/mol. The van der Waals surface area contributed by atoms with Crippen LogP contribution in [0.4, 0.5) is 13.2 Å². The van der Waals surface area contributed by atoms with Gasteiger partial charge in [-0.05, 0) is 0 Å². The summed E-state index contributed by atoms with van der Waals surface area (Å²) in [4.78, 5) is 3.25. The Morgan fingerprint density at radius 1 is 1.57 bits per heavy atom. The van der Waals surface area contributed by atoms with E-state index in [9.17, 15) is 13.2 Å². The highest BCUT2D eigenvalue weighted by Crippen LogP contribution is 2.28. The fourth-order valence-electron chi connectivity index (χ4n) is 0.978. The Morgan fingerprint density at radius 3 is 2.64 bits per heavy atom. The van der Waals surface area contributed by atoms with E-state index in [0.29, 0.717) is 0 Å². The molecule has 0 aliphatic carbocycles. The first-order valence-corrected chi connectivity index (χ1v) is 4.20. The summed E-state index contributed by atoms with van der Waals surface area (Å²) in [5, 5.41) is 0. The molecule has 2 nitrogen and oxygen atoms in total. The minimum absolute atomic E-state index is 0.0712. The lowest BCUT2D eigenvalue weighted by molar-refractivity contribution is 0.140. The maximum Gasteiger partial charge on any atom is 0.283 e. The van der Waals surface area contributed by atoms with Gasteiger partial charge in [-0.15, -0.1) is 11.6 Å². The fourth-order valence-corrected chi connectivity index (χ4v) is 1.23. The molecule has 0 N–H and O–H groups in total. The zero-order valence-corrected chi connectivity index (χ0v) is 7.99. The number of hydrogen-bond donors (Lipinski definition) is 0. The van der Waals surface area contributed by atoms with Crippen LogP contribution in [0.5, 0.6) is 5.75 Å². The standard InChI is InChI=1S/C8H7ClF3NO/c1-14-5-3-13-7(8(11)12)6(10)4(5)2-9/h3,8H,2H2,1H3. The summed E-state index contributed by atoms with van der Waals surface area (Å²) in [6.07, 6.45) is -1.93. The van der Waals surface area contributed by atoms with E-state index < -0.39 is 17.9 Å². The lowest BCUT2D eigenvalue weighted by Gasteiger charge is -2.09. The lowest BCUT2D eigenvalue weighted by atomic mass is 10.2. The highest BCUT2D eigenvalue weighted by molar-refractivity contribution is 6.17. The third-order valence-corrected chi connectivity index (χ3v) is 1.94. The van der Waals surface area contributed by atoms with E-state index in [2.05, 4.69) is 4.98 Å². The van der Waals surface area contributed by atoms with Crippen LogP contribution < -0.4 is 4.74 Å². The van der Waals surface area contributed by atoms with Gasteiger partial charge < -0.3 is 4.74 Å². The molecule has 0 aliphatic heterocycles. The zero-order chi connectivity index (χ0) is 10.7. The van der Waals surface area contributed by atoms with Crippen molar-refractivity contribution in [3.63, 3.8) is 0 Å². The molecule has 1 rings (SSSR count). The molecule has 1 aromatic rings. The number of hydrogen-bond acceptors (Lipinski definition) is 2. The second-order valence-corrected chi connectivity index (χ2v) is 2.71. The van der Waals surface area contributed by atoms with E-state index in [-0.39, 0.29) is 17.2 Å².